The van der Waals surface area contributed by atoms with Crippen molar-refractivity contribution in [3.8, 4) is 5.75 Å². The minimum Gasteiger partial charge on any atom is -0.497 e. The van der Waals surface area contributed by atoms with Gasteiger partial charge in [0.15, 0.2) is 0 Å². The standard InChI is InChI=1S/C20H31N3O4/c1-5-18(14-8-7-9-17(10-14)27-4)22(3)20(26)21-15-11-16(12-15)23(6-2)13-19(24)25/h7-10,15-16,18H,5-6,11-13H2,1-4H3,(H,21,26)(H,24,25). The van der Waals surface area contributed by atoms with E-state index in [0.29, 0.717) is 6.54 Å². The molecule has 1 aromatic carbocycles. The topological polar surface area (TPSA) is 82.1 Å². The molecule has 27 heavy (non-hydrogen) atoms. The zero-order chi connectivity index (χ0) is 20.0. The number of urea groups is 1. The minimum atomic E-state index is -0.812. The van der Waals surface area contributed by atoms with E-state index in [1.165, 1.54) is 0 Å². The Bertz CT molecular complexity index is 646. The first-order chi connectivity index (χ1) is 12.9. The summed E-state index contributed by atoms with van der Waals surface area (Å²) in [5, 5.41) is 12.0. The average molecular weight is 377 g/mol. The summed E-state index contributed by atoms with van der Waals surface area (Å²) < 4.78 is 5.29. The number of rotatable bonds is 9. The van der Waals surface area contributed by atoms with Crippen molar-refractivity contribution in [1.82, 2.24) is 15.1 Å². The first-order valence-electron chi connectivity index (χ1n) is 9.52. The molecule has 150 valence electrons. The Labute approximate surface area is 161 Å². The van der Waals surface area contributed by atoms with Gasteiger partial charge in [-0.3, -0.25) is 9.69 Å². The van der Waals surface area contributed by atoms with E-state index in [1.807, 2.05) is 43.1 Å². The third-order valence-corrected chi connectivity index (χ3v) is 5.35. The average Bonchev–Trinajstić information content (AvgIpc) is 2.63. The van der Waals surface area contributed by atoms with Crippen molar-refractivity contribution < 1.29 is 19.4 Å². The number of ether oxygens (including phenoxy) is 1. The van der Waals surface area contributed by atoms with E-state index < -0.39 is 5.97 Å². The Morgan fingerprint density at radius 1 is 1.33 bits per heavy atom. The monoisotopic (exact) mass is 377 g/mol. The smallest absolute Gasteiger partial charge is 0.317 e. The molecule has 2 rings (SSSR count). The number of methoxy groups -OCH3 is 1. The summed E-state index contributed by atoms with van der Waals surface area (Å²) in [5.74, 6) is -0.0344. The third-order valence-electron chi connectivity index (χ3n) is 5.35. The molecule has 1 atom stereocenters. The predicted molar refractivity (Wildman–Crippen MR) is 104 cm³/mol. The molecule has 1 aliphatic rings. The SMILES string of the molecule is CCC(c1cccc(OC)c1)N(C)C(=O)NC1CC(N(CC)CC(=O)O)C1. The molecule has 1 fully saturated rings. The Kier molecular flexibility index (Phi) is 7.47. The van der Waals surface area contributed by atoms with Crippen LogP contribution >= 0.6 is 0 Å². The highest BCUT2D eigenvalue weighted by atomic mass is 16.5. The van der Waals surface area contributed by atoms with Gasteiger partial charge in [0.1, 0.15) is 5.75 Å². The normalized spacial score (nSPS) is 19.9. The van der Waals surface area contributed by atoms with Gasteiger partial charge in [-0.2, -0.15) is 0 Å². The van der Waals surface area contributed by atoms with Gasteiger partial charge in [-0.1, -0.05) is 26.0 Å². The van der Waals surface area contributed by atoms with Crippen molar-refractivity contribution in [2.45, 2.75) is 51.2 Å². The summed E-state index contributed by atoms with van der Waals surface area (Å²) in [6.07, 6.45) is 2.37. The van der Waals surface area contributed by atoms with E-state index in [1.54, 1.807) is 12.0 Å². The van der Waals surface area contributed by atoms with Gasteiger partial charge >= 0.3 is 12.0 Å². The van der Waals surface area contributed by atoms with Crippen molar-refractivity contribution in [3.05, 3.63) is 29.8 Å². The molecule has 7 heteroatoms. The van der Waals surface area contributed by atoms with Crippen molar-refractivity contribution >= 4 is 12.0 Å². The lowest BCUT2D eigenvalue weighted by Crippen LogP contribution is -2.56. The number of nitrogens with zero attached hydrogens (tertiary/aromatic N) is 2. The minimum absolute atomic E-state index is 0.0323. The van der Waals surface area contributed by atoms with Gasteiger partial charge in [0.05, 0.1) is 19.7 Å². The lowest BCUT2D eigenvalue weighted by Gasteiger charge is -2.43. The number of aliphatic carboxylic acids is 1. The Balaban J connectivity index is 1.90. The predicted octanol–water partition coefficient (Wildman–Crippen LogP) is 2.73. The van der Waals surface area contributed by atoms with Crippen LogP contribution in [0.15, 0.2) is 24.3 Å². The maximum absolute atomic E-state index is 12.7. The molecular formula is C20H31N3O4. The fraction of sp³-hybridized carbons (Fsp3) is 0.600. The van der Waals surface area contributed by atoms with Crippen LogP contribution in [-0.2, 0) is 4.79 Å². The number of carbonyl (C=O) groups is 2. The van der Waals surface area contributed by atoms with E-state index in [-0.39, 0.29) is 30.7 Å². The zero-order valence-corrected chi connectivity index (χ0v) is 16.6. The fourth-order valence-electron chi connectivity index (χ4n) is 3.68. The van der Waals surface area contributed by atoms with Gasteiger partial charge in [-0.15, -0.1) is 0 Å². The number of hydrogen-bond acceptors (Lipinski definition) is 4. The van der Waals surface area contributed by atoms with Gasteiger partial charge in [0.25, 0.3) is 0 Å². The van der Waals surface area contributed by atoms with Crippen LogP contribution in [0.1, 0.15) is 44.7 Å². The largest absolute Gasteiger partial charge is 0.497 e. The molecule has 0 aliphatic heterocycles. The van der Waals surface area contributed by atoms with E-state index in [2.05, 4.69) is 12.2 Å². The van der Waals surface area contributed by atoms with Crippen LogP contribution in [0.5, 0.6) is 5.75 Å². The Hall–Kier alpha value is -2.28. The second-order valence-electron chi connectivity index (χ2n) is 7.04. The third kappa shape index (κ3) is 5.35. The summed E-state index contributed by atoms with van der Waals surface area (Å²) in [4.78, 5) is 27.3. The summed E-state index contributed by atoms with van der Waals surface area (Å²) in [5.41, 5.74) is 1.04. The number of hydrogen-bond donors (Lipinski definition) is 2. The molecule has 1 aromatic rings. The summed E-state index contributed by atoms with van der Waals surface area (Å²) >= 11 is 0. The van der Waals surface area contributed by atoms with Crippen molar-refractivity contribution in [3.63, 3.8) is 0 Å². The Morgan fingerprint density at radius 2 is 2.04 bits per heavy atom. The molecule has 0 bridgehead atoms. The van der Waals surface area contributed by atoms with E-state index >= 15 is 0 Å². The molecule has 0 aromatic heterocycles. The van der Waals surface area contributed by atoms with Crippen LogP contribution in [0.25, 0.3) is 0 Å². The van der Waals surface area contributed by atoms with Crippen LogP contribution in [0.4, 0.5) is 4.79 Å². The molecule has 1 saturated carbocycles. The summed E-state index contributed by atoms with van der Waals surface area (Å²) in [6, 6.07) is 7.97. The molecule has 2 amide bonds. The second-order valence-corrected chi connectivity index (χ2v) is 7.04. The van der Waals surface area contributed by atoms with Crippen molar-refractivity contribution in [2.24, 2.45) is 0 Å². The van der Waals surface area contributed by atoms with E-state index in [0.717, 1.165) is 30.6 Å². The number of benzene rings is 1. The van der Waals surface area contributed by atoms with Crippen LogP contribution in [-0.4, -0.2) is 66.2 Å². The lowest BCUT2D eigenvalue weighted by molar-refractivity contribution is -0.139. The number of nitrogens with one attached hydrogen (secondary N) is 1. The van der Waals surface area contributed by atoms with Gasteiger partial charge in [-0.05, 0) is 43.5 Å². The molecule has 1 aliphatic carbocycles. The molecule has 0 radical (unpaired) electrons. The number of amides is 2. The number of carboxylic acids is 1. The van der Waals surface area contributed by atoms with E-state index in [9.17, 15) is 9.59 Å². The number of carboxylic acid groups (broad SMARTS) is 1. The fourth-order valence-corrected chi connectivity index (χ4v) is 3.68. The van der Waals surface area contributed by atoms with Crippen molar-refractivity contribution in [2.75, 3.05) is 27.2 Å². The number of likely N-dealkylation sites (N-methyl/N-ethyl adjacent to an activating group) is 1. The maximum Gasteiger partial charge on any atom is 0.317 e. The van der Waals surface area contributed by atoms with E-state index in [4.69, 9.17) is 9.84 Å². The molecule has 0 heterocycles. The molecule has 0 saturated heterocycles. The summed E-state index contributed by atoms with van der Waals surface area (Å²) in [7, 11) is 3.44. The zero-order valence-electron chi connectivity index (χ0n) is 16.6. The highest BCUT2D eigenvalue weighted by molar-refractivity contribution is 5.75. The van der Waals surface area contributed by atoms with Gasteiger partial charge < -0.3 is 20.1 Å². The highest BCUT2D eigenvalue weighted by Gasteiger charge is 2.35. The summed E-state index contributed by atoms with van der Waals surface area (Å²) in [6.45, 7) is 4.77. The first kappa shape index (κ1) is 21.0. The van der Waals surface area contributed by atoms with Crippen LogP contribution in [0.2, 0.25) is 0 Å². The molecule has 1 unspecified atom stereocenters. The van der Waals surface area contributed by atoms with Crippen LogP contribution < -0.4 is 10.1 Å². The van der Waals surface area contributed by atoms with Crippen LogP contribution in [0.3, 0.4) is 0 Å². The molecular weight excluding hydrogens is 346 g/mol. The lowest BCUT2D eigenvalue weighted by atomic mass is 9.85. The second kappa shape index (κ2) is 9.60. The van der Waals surface area contributed by atoms with Gasteiger partial charge in [0.2, 0.25) is 0 Å². The maximum atomic E-state index is 12.7. The first-order valence-corrected chi connectivity index (χ1v) is 9.52. The van der Waals surface area contributed by atoms with Gasteiger partial charge in [0, 0.05) is 19.1 Å². The molecule has 7 nitrogen and oxygen atoms in total. The Morgan fingerprint density at radius 3 is 2.59 bits per heavy atom. The molecule has 2 N–H and O–H groups in total. The quantitative estimate of drug-likeness (QED) is 0.691. The number of carbonyl (C=O) groups excluding carboxylic acids is 1. The highest BCUT2D eigenvalue weighted by Crippen LogP contribution is 2.28. The van der Waals surface area contributed by atoms with Crippen molar-refractivity contribution in [1.29, 1.82) is 0 Å². The van der Waals surface area contributed by atoms with Crippen LogP contribution in [0, 0.1) is 0 Å². The molecule has 0 spiro atoms. The van der Waals surface area contributed by atoms with Gasteiger partial charge in [-0.25, -0.2) is 4.79 Å².